The van der Waals surface area contributed by atoms with Gasteiger partial charge in [-0.1, -0.05) is 0 Å². The van der Waals surface area contributed by atoms with Gasteiger partial charge < -0.3 is 10.1 Å². The summed E-state index contributed by atoms with van der Waals surface area (Å²) in [6.45, 7) is 5.94. The van der Waals surface area contributed by atoms with Gasteiger partial charge in [-0.05, 0) is 64.4 Å². The number of ether oxygens (including phenoxy) is 1. The number of hydrogen-bond donors (Lipinski definition) is 2. The van der Waals surface area contributed by atoms with Crippen LogP contribution in [0.2, 0.25) is 0 Å². The minimum Gasteiger partial charge on any atom is -0.444 e. The molecular formula is C24H30F2N6O3S. The maximum Gasteiger partial charge on any atom is 0.412 e. The second-order valence-electron chi connectivity index (χ2n) is 10.1. The molecule has 0 unspecified atom stereocenters. The highest BCUT2D eigenvalue weighted by atomic mass is 32.1. The fourth-order valence-electron chi connectivity index (χ4n) is 3.90. The van der Waals surface area contributed by atoms with Crippen LogP contribution in [0.25, 0.3) is 0 Å². The van der Waals surface area contributed by atoms with Gasteiger partial charge in [-0.3, -0.25) is 10.1 Å². The number of fused-ring (bicyclic) bond motifs is 1. The first kappa shape index (κ1) is 26.0. The molecule has 2 aromatic heterocycles. The summed E-state index contributed by atoms with van der Waals surface area (Å²) in [4.78, 5) is 35.1. The number of thiophene rings is 1. The highest BCUT2D eigenvalue weighted by Gasteiger charge is 2.31. The fourth-order valence-corrected chi connectivity index (χ4v) is 5.13. The van der Waals surface area contributed by atoms with Crippen LogP contribution in [-0.4, -0.2) is 46.0 Å². The first-order valence-electron chi connectivity index (χ1n) is 11.9. The molecule has 1 fully saturated rings. The van der Waals surface area contributed by atoms with Crippen LogP contribution in [0, 0.1) is 5.92 Å². The van der Waals surface area contributed by atoms with Gasteiger partial charge in [-0.2, -0.15) is 10.1 Å². The molecule has 4 rings (SSSR count). The Balaban J connectivity index is 1.54. The first-order valence-corrected chi connectivity index (χ1v) is 12.7. The first-order chi connectivity index (χ1) is 17.0. The maximum absolute atomic E-state index is 13.2. The Kier molecular flexibility index (Phi) is 7.56. The molecule has 0 aliphatic heterocycles. The van der Waals surface area contributed by atoms with Gasteiger partial charge in [0, 0.05) is 24.5 Å². The number of carbonyl (C=O) groups excluding carboxylic acids is 2. The Labute approximate surface area is 212 Å². The zero-order valence-corrected chi connectivity index (χ0v) is 21.5. The molecule has 36 heavy (non-hydrogen) atoms. The van der Waals surface area contributed by atoms with Gasteiger partial charge in [-0.15, -0.1) is 11.3 Å². The van der Waals surface area contributed by atoms with E-state index in [-0.39, 0.29) is 23.5 Å². The van der Waals surface area contributed by atoms with Crippen LogP contribution >= 0.6 is 11.3 Å². The summed E-state index contributed by atoms with van der Waals surface area (Å²) < 4.78 is 32.3. The van der Waals surface area contributed by atoms with E-state index in [0.717, 1.165) is 23.3 Å². The van der Waals surface area contributed by atoms with Gasteiger partial charge in [0.05, 0.1) is 17.6 Å². The molecule has 9 nitrogen and oxygen atoms in total. The van der Waals surface area contributed by atoms with Crippen LogP contribution in [0.4, 0.5) is 24.4 Å². The average Bonchev–Trinajstić information content (AvgIpc) is 3.44. The average molecular weight is 521 g/mol. The van der Waals surface area contributed by atoms with Crippen LogP contribution < -0.4 is 10.6 Å². The second-order valence-corrected chi connectivity index (χ2v) is 11.2. The minimum atomic E-state index is -2.68. The summed E-state index contributed by atoms with van der Waals surface area (Å²) in [5.41, 5.74) is 0.275. The summed E-state index contributed by atoms with van der Waals surface area (Å²) in [6, 6.07) is 3.62. The number of aliphatic imine (C=N–C) groups is 2. The van der Waals surface area contributed by atoms with Crippen molar-refractivity contribution in [1.82, 2.24) is 15.1 Å². The number of alkyl halides is 2. The Morgan fingerprint density at radius 3 is 2.72 bits per heavy atom. The van der Waals surface area contributed by atoms with Crippen LogP contribution in [0.5, 0.6) is 0 Å². The Bertz CT molecular complexity index is 1210. The van der Waals surface area contributed by atoms with Crippen molar-refractivity contribution in [2.24, 2.45) is 23.0 Å². The molecular weight excluding hydrogens is 490 g/mol. The van der Waals surface area contributed by atoms with Gasteiger partial charge >= 0.3 is 6.09 Å². The van der Waals surface area contributed by atoms with E-state index in [2.05, 4.69) is 31.7 Å². The zero-order valence-electron chi connectivity index (χ0n) is 20.7. The van der Waals surface area contributed by atoms with Crippen molar-refractivity contribution in [3.05, 3.63) is 27.8 Å². The number of anilines is 1. The number of nitrogens with zero attached hydrogens (tertiary/aromatic N) is 4. The summed E-state index contributed by atoms with van der Waals surface area (Å²) in [5, 5.41) is 9.95. The number of rotatable bonds is 7. The molecule has 1 saturated carbocycles. The van der Waals surface area contributed by atoms with E-state index in [1.165, 1.54) is 29.1 Å². The lowest BCUT2D eigenvalue weighted by molar-refractivity contribution is 0.0636. The summed E-state index contributed by atoms with van der Waals surface area (Å²) in [5.74, 6) is 0.514. The molecule has 0 spiro atoms. The van der Waals surface area contributed by atoms with E-state index in [1.807, 2.05) is 0 Å². The molecule has 0 aromatic carbocycles. The monoisotopic (exact) mass is 520 g/mol. The van der Waals surface area contributed by atoms with E-state index < -0.39 is 18.1 Å². The van der Waals surface area contributed by atoms with Crippen molar-refractivity contribution < 1.29 is 23.1 Å². The predicted molar refractivity (Wildman–Crippen MR) is 133 cm³/mol. The van der Waals surface area contributed by atoms with Gasteiger partial charge in [0.25, 0.3) is 12.3 Å². The van der Waals surface area contributed by atoms with Gasteiger partial charge in [-0.25, -0.2) is 23.2 Å². The third kappa shape index (κ3) is 6.55. The normalized spacial score (nSPS) is 17.2. The lowest BCUT2D eigenvalue weighted by Crippen LogP contribution is -2.30. The molecule has 2 aliphatic carbocycles. The molecule has 194 valence electrons. The van der Waals surface area contributed by atoms with Gasteiger partial charge in [0.15, 0.2) is 5.82 Å². The number of amides is 2. The minimum absolute atomic E-state index is 0.192. The van der Waals surface area contributed by atoms with Crippen LogP contribution in [0.1, 0.15) is 73.0 Å². The van der Waals surface area contributed by atoms with E-state index in [4.69, 9.17) is 4.74 Å². The van der Waals surface area contributed by atoms with Gasteiger partial charge in [0.2, 0.25) is 0 Å². The summed E-state index contributed by atoms with van der Waals surface area (Å²) >= 11 is 1.38. The molecule has 12 heteroatoms. The van der Waals surface area contributed by atoms with Crippen molar-refractivity contribution in [2.75, 3.05) is 11.9 Å². The number of aryl methyl sites for hydroxylation is 2. The maximum atomic E-state index is 13.2. The van der Waals surface area contributed by atoms with Crippen molar-refractivity contribution in [3.63, 3.8) is 0 Å². The quantitative estimate of drug-likeness (QED) is 0.485. The smallest absolute Gasteiger partial charge is 0.412 e. The molecule has 2 aliphatic rings. The van der Waals surface area contributed by atoms with Crippen LogP contribution in [0.3, 0.4) is 0 Å². The van der Waals surface area contributed by atoms with Crippen molar-refractivity contribution >= 4 is 40.2 Å². The topological polar surface area (TPSA) is 110 Å². The number of nitrogens with one attached hydrogen (secondary N) is 2. The summed E-state index contributed by atoms with van der Waals surface area (Å²) in [7, 11) is 1.52. The molecule has 0 saturated heterocycles. The molecule has 2 N–H and O–H groups in total. The summed E-state index contributed by atoms with van der Waals surface area (Å²) in [6.07, 6.45) is 0.783. The number of halogens is 2. The Morgan fingerprint density at radius 2 is 2.08 bits per heavy atom. The molecule has 2 heterocycles. The van der Waals surface area contributed by atoms with Crippen LogP contribution in [0.15, 0.2) is 16.1 Å². The molecule has 2 aromatic rings. The van der Waals surface area contributed by atoms with E-state index in [1.54, 1.807) is 20.8 Å². The SMILES string of the molecule is Cn1nc(C(F)F)cc1N=C=N[C@H]1CCc2sc(NC(=O)OC(C)(C)C)c(C(=O)NCC3CC3)c2C1. The van der Waals surface area contributed by atoms with E-state index in [9.17, 15) is 18.4 Å². The van der Waals surface area contributed by atoms with Gasteiger partial charge in [0.1, 0.15) is 16.3 Å². The van der Waals surface area contributed by atoms with Crippen molar-refractivity contribution in [1.29, 1.82) is 0 Å². The molecule has 0 radical (unpaired) electrons. The fraction of sp³-hybridized carbons (Fsp3) is 0.583. The van der Waals surface area contributed by atoms with Crippen LogP contribution in [-0.2, 0) is 24.6 Å². The largest absolute Gasteiger partial charge is 0.444 e. The van der Waals surface area contributed by atoms with E-state index >= 15 is 0 Å². The number of aromatic nitrogens is 2. The third-order valence-corrected chi connectivity index (χ3v) is 7.03. The Hall–Kier alpha value is -3.11. The second kappa shape index (κ2) is 10.5. The molecule has 0 bridgehead atoms. The third-order valence-electron chi connectivity index (χ3n) is 5.83. The van der Waals surface area contributed by atoms with Crippen molar-refractivity contribution in [3.8, 4) is 0 Å². The Morgan fingerprint density at radius 1 is 1.33 bits per heavy atom. The highest BCUT2D eigenvalue weighted by Crippen LogP contribution is 2.39. The number of hydrogen-bond acceptors (Lipinski definition) is 7. The van der Waals surface area contributed by atoms with Crippen molar-refractivity contribution in [2.45, 2.75) is 70.9 Å². The zero-order chi connectivity index (χ0) is 26.0. The highest BCUT2D eigenvalue weighted by molar-refractivity contribution is 7.17. The molecule has 2 amide bonds. The van der Waals surface area contributed by atoms with E-state index in [0.29, 0.717) is 42.3 Å². The lowest BCUT2D eigenvalue weighted by Gasteiger charge is -2.20. The molecule has 1 atom stereocenters. The number of carbonyl (C=O) groups is 2. The standard InChI is InChI=1S/C24H30F2N6O3S/c1-24(2,3)35-23(34)30-22-19(21(33)27-11-13-5-6-13)15-9-14(7-8-17(15)36-22)28-12-29-18-10-16(20(25)26)31-32(18)4/h10,13-14,20H,5-9,11H2,1-4H3,(H,27,33)(H,30,34)/t14-/m0/s1. The predicted octanol–water partition coefficient (Wildman–Crippen LogP) is 5.27. The lowest BCUT2D eigenvalue weighted by atomic mass is 9.91.